The molecule has 0 radical (unpaired) electrons. The van der Waals surface area contributed by atoms with E-state index in [-0.39, 0.29) is 18.0 Å². The van der Waals surface area contributed by atoms with E-state index in [0.717, 1.165) is 48.0 Å². The van der Waals surface area contributed by atoms with Gasteiger partial charge in [0, 0.05) is 18.5 Å². The molecule has 2 aromatic heterocycles. The Bertz CT molecular complexity index is 1350. The Balaban J connectivity index is 1.62. The third-order valence-electron chi connectivity index (χ3n) is 6.48. The first-order valence-corrected chi connectivity index (χ1v) is 11.3. The zero-order valence-electron chi connectivity index (χ0n) is 18.6. The highest BCUT2D eigenvalue weighted by Gasteiger charge is 2.24. The second-order valence-corrected chi connectivity index (χ2v) is 9.05. The first kappa shape index (κ1) is 20.5. The van der Waals surface area contributed by atoms with Gasteiger partial charge < -0.3 is 9.47 Å². The van der Waals surface area contributed by atoms with Crippen LogP contribution in [0.25, 0.3) is 21.9 Å². The third kappa shape index (κ3) is 3.70. The molecule has 0 N–H and O–H groups in total. The normalized spacial score (nSPS) is 16.7. The van der Waals surface area contributed by atoms with E-state index in [2.05, 4.69) is 18.0 Å². The van der Waals surface area contributed by atoms with Crippen LogP contribution in [-0.2, 0) is 17.9 Å². The van der Waals surface area contributed by atoms with Gasteiger partial charge in [-0.15, -0.1) is 0 Å². The van der Waals surface area contributed by atoms with Crippen LogP contribution in [0.3, 0.4) is 0 Å². The predicted molar refractivity (Wildman–Crippen MR) is 127 cm³/mol. The van der Waals surface area contributed by atoms with Crippen LogP contribution in [0.15, 0.2) is 59.7 Å². The molecule has 1 aliphatic rings. The van der Waals surface area contributed by atoms with Crippen LogP contribution in [0.4, 0.5) is 0 Å². The number of amides is 1. The van der Waals surface area contributed by atoms with Crippen LogP contribution in [0.2, 0.25) is 0 Å². The van der Waals surface area contributed by atoms with Gasteiger partial charge in [-0.05, 0) is 43.4 Å². The molecule has 6 nitrogen and oxygen atoms in total. The van der Waals surface area contributed by atoms with Gasteiger partial charge >= 0.3 is 0 Å². The van der Waals surface area contributed by atoms with Crippen molar-refractivity contribution in [1.29, 1.82) is 0 Å². The maximum Gasteiger partial charge on any atom is 0.278 e. The number of likely N-dealkylation sites (tertiary alicyclic amines) is 1. The first-order chi connectivity index (χ1) is 15.5. The maximum absolute atomic E-state index is 13.6. The van der Waals surface area contributed by atoms with E-state index >= 15 is 0 Å². The van der Waals surface area contributed by atoms with Crippen molar-refractivity contribution < 1.29 is 4.79 Å². The molecule has 5 rings (SSSR count). The minimum atomic E-state index is -0.118. The van der Waals surface area contributed by atoms with Gasteiger partial charge in [0.05, 0.1) is 18.4 Å². The minimum Gasteiger partial charge on any atom is -0.341 e. The van der Waals surface area contributed by atoms with E-state index in [9.17, 15) is 9.59 Å². The molecule has 6 heteroatoms. The van der Waals surface area contributed by atoms with Crippen LogP contribution in [-0.4, -0.2) is 38.0 Å². The lowest BCUT2D eigenvalue weighted by atomic mass is 10.0. The lowest BCUT2D eigenvalue weighted by Gasteiger charge is -2.31. The number of hydrogen-bond acceptors (Lipinski definition) is 3. The summed E-state index contributed by atoms with van der Waals surface area (Å²) in [5.74, 6) is 0.576. The molecule has 1 fully saturated rings. The van der Waals surface area contributed by atoms with Gasteiger partial charge in [-0.3, -0.25) is 14.2 Å². The Hall–Kier alpha value is -3.41. The summed E-state index contributed by atoms with van der Waals surface area (Å²) in [7, 11) is 0. The smallest absolute Gasteiger partial charge is 0.278 e. The highest BCUT2D eigenvalue weighted by molar-refractivity contribution is 6.06. The molecule has 1 atom stereocenters. The van der Waals surface area contributed by atoms with Gasteiger partial charge in [0.25, 0.3) is 5.56 Å². The lowest BCUT2D eigenvalue weighted by molar-refractivity contribution is -0.133. The monoisotopic (exact) mass is 428 g/mol. The Labute approximate surface area is 187 Å². The van der Waals surface area contributed by atoms with E-state index in [0.29, 0.717) is 23.5 Å². The van der Waals surface area contributed by atoms with E-state index in [1.807, 2.05) is 58.9 Å². The second-order valence-electron chi connectivity index (χ2n) is 9.05. The molecule has 0 aliphatic carbocycles. The number of carbonyl (C=O) groups is 1. The average Bonchev–Trinajstić information content (AvgIpc) is 3.09. The van der Waals surface area contributed by atoms with Crippen molar-refractivity contribution in [2.75, 3.05) is 13.1 Å². The fraction of sp³-hybridized carbons (Fsp3) is 0.346. The van der Waals surface area contributed by atoms with Crippen molar-refractivity contribution in [3.63, 3.8) is 0 Å². The van der Waals surface area contributed by atoms with Crippen LogP contribution < -0.4 is 5.56 Å². The molecule has 0 unspecified atom stereocenters. The molecule has 0 bridgehead atoms. The summed E-state index contributed by atoms with van der Waals surface area (Å²) >= 11 is 0. The number of hydrogen-bond donors (Lipinski definition) is 0. The van der Waals surface area contributed by atoms with Crippen molar-refractivity contribution in [1.82, 2.24) is 19.0 Å². The number of benzene rings is 2. The number of carbonyl (C=O) groups excluding carboxylic acids is 1. The van der Waals surface area contributed by atoms with Gasteiger partial charge in [-0.25, -0.2) is 4.98 Å². The van der Waals surface area contributed by atoms with Gasteiger partial charge in [-0.1, -0.05) is 48.9 Å². The molecule has 164 valence electrons. The summed E-state index contributed by atoms with van der Waals surface area (Å²) in [6.45, 7) is 6.39. The quantitative estimate of drug-likeness (QED) is 0.494. The largest absolute Gasteiger partial charge is 0.341 e. The minimum absolute atomic E-state index is 0.0637. The van der Waals surface area contributed by atoms with Crippen molar-refractivity contribution in [3.8, 4) is 0 Å². The number of rotatable bonds is 4. The molecular weight excluding hydrogens is 400 g/mol. The van der Waals surface area contributed by atoms with Crippen molar-refractivity contribution in [3.05, 3.63) is 76.3 Å². The summed E-state index contributed by atoms with van der Waals surface area (Å²) in [6.07, 6.45) is 3.81. The number of aryl methyl sites for hydroxylation is 1. The molecule has 0 saturated carbocycles. The van der Waals surface area contributed by atoms with Crippen LogP contribution >= 0.6 is 0 Å². The zero-order chi connectivity index (χ0) is 22.2. The number of fused-ring (bicyclic) bond motifs is 3. The van der Waals surface area contributed by atoms with E-state index in [1.165, 1.54) is 0 Å². The highest BCUT2D eigenvalue weighted by atomic mass is 16.2. The van der Waals surface area contributed by atoms with Crippen molar-refractivity contribution in [2.45, 2.75) is 39.8 Å². The van der Waals surface area contributed by atoms with Crippen molar-refractivity contribution in [2.24, 2.45) is 5.92 Å². The fourth-order valence-corrected chi connectivity index (χ4v) is 4.82. The Morgan fingerprint density at radius 1 is 1.16 bits per heavy atom. The Kier molecular flexibility index (Phi) is 5.29. The van der Waals surface area contributed by atoms with Gasteiger partial charge in [0.2, 0.25) is 5.91 Å². The molecule has 3 heterocycles. The van der Waals surface area contributed by atoms with Gasteiger partial charge in [-0.2, -0.15) is 0 Å². The molecule has 0 spiro atoms. The fourth-order valence-electron chi connectivity index (χ4n) is 4.82. The number of nitrogens with zero attached hydrogens (tertiary/aromatic N) is 4. The molecule has 1 aliphatic heterocycles. The Morgan fingerprint density at radius 2 is 1.97 bits per heavy atom. The van der Waals surface area contributed by atoms with Crippen LogP contribution in [0, 0.1) is 12.8 Å². The van der Waals surface area contributed by atoms with E-state index in [4.69, 9.17) is 0 Å². The Morgan fingerprint density at radius 3 is 2.75 bits per heavy atom. The van der Waals surface area contributed by atoms with Crippen molar-refractivity contribution >= 4 is 27.8 Å². The first-order valence-electron chi connectivity index (χ1n) is 11.3. The van der Waals surface area contributed by atoms with Gasteiger partial charge in [0.1, 0.15) is 17.6 Å². The summed E-state index contributed by atoms with van der Waals surface area (Å²) in [6, 6.07) is 16.0. The predicted octanol–water partition coefficient (Wildman–Crippen LogP) is 3.97. The molecule has 2 aromatic carbocycles. The number of aromatic nitrogens is 3. The zero-order valence-corrected chi connectivity index (χ0v) is 18.6. The molecular formula is C26H28N4O2. The molecule has 32 heavy (non-hydrogen) atoms. The summed E-state index contributed by atoms with van der Waals surface area (Å²) in [5.41, 5.74) is 4.06. The second kappa shape index (κ2) is 8.26. The van der Waals surface area contributed by atoms with Gasteiger partial charge in [0.15, 0.2) is 0 Å². The highest BCUT2D eigenvalue weighted by Crippen LogP contribution is 2.27. The van der Waals surface area contributed by atoms with Crippen LogP contribution in [0.5, 0.6) is 0 Å². The van der Waals surface area contributed by atoms with Crippen LogP contribution in [0.1, 0.15) is 30.9 Å². The molecule has 4 aromatic rings. The summed E-state index contributed by atoms with van der Waals surface area (Å²) < 4.78 is 3.51. The number of piperidine rings is 1. The third-order valence-corrected chi connectivity index (χ3v) is 6.48. The van der Waals surface area contributed by atoms with E-state index < -0.39 is 0 Å². The molecule has 1 saturated heterocycles. The summed E-state index contributed by atoms with van der Waals surface area (Å²) in [4.78, 5) is 33.4. The summed E-state index contributed by atoms with van der Waals surface area (Å²) in [5, 5.41) is 0.920. The molecule has 1 amide bonds. The lowest BCUT2D eigenvalue weighted by Crippen LogP contribution is -2.41. The average molecular weight is 429 g/mol. The topological polar surface area (TPSA) is 60.1 Å². The maximum atomic E-state index is 13.6. The SMILES string of the molecule is Cc1ccc2c(c1)c1ncn(Cc3ccccc3)c(=O)c1n2CC(=O)N1CCC[C@@H](C)C1. The standard InChI is InChI=1S/C26H28N4O2/c1-18-10-11-22-21(13-18)24-25(30(22)16-23(31)28-12-6-7-19(2)14-28)26(32)29(17-27-24)15-20-8-4-3-5-9-20/h3-5,8-11,13,17,19H,6-7,12,14-16H2,1-2H3/t19-/m1/s1. The van der Waals surface area contributed by atoms with E-state index in [1.54, 1.807) is 10.9 Å².